The van der Waals surface area contributed by atoms with Gasteiger partial charge in [0.1, 0.15) is 0 Å². The largest absolute Gasteiger partial charge is 0.324 e. The maximum Gasteiger partial charge on any atom is 0.227 e. The Bertz CT molecular complexity index is 835. The highest BCUT2D eigenvalue weighted by Crippen LogP contribution is 2.49. The summed E-state index contributed by atoms with van der Waals surface area (Å²) in [5.74, 6) is 1.71. The van der Waals surface area contributed by atoms with Gasteiger partial charge in [-0.25, -0.2) is 9.97 Å². The minimum atomic E-state index is 0.628. The van der Waals surface area contributed by atoms with Crippen LogP contribution in [0.25, 0.3) is 5.57 Å². The highest BCUT2D eigenvalue weighted by Gasteiger charge is 2.31. The summed E-state index contributed by atoms with van der Waals surface area (Å²) in [5.41, 5.74) is 3.52. The summed E-state index contributed by atoms with van der Waals surface area (Å²) in [5, 5.41) is 3.95. The van der Waals surface area contributed by atoms with E-state index in [0.717, 1.165) is 35.0 Å². The lowest BCUT2D eigenvalue weighted by atomic mass is 10.1. The summed E-state index contributed by atoms with van der Waals surface area (Å²) in [4.78, 5) is 15.3. The number of rotatable bonds is 4. The minimum absolute atomic E-state index is 0.628. The monoisotopic (exact) mass is 389 g/mol. The number of aromatic nitrogens is 2. The van der Waals surface area contributed by atoms with Crippen molar-refractivity contribution in [2.24, 2.45) is 0 Å². The van der Waals surface area contributed by atoms with Crippen molar-refractivity contribution >= 4 is 53.4 Å². The molecule has 0 radical (unpaired) electrons. The second-order valence-electron chi connectivity index (χ2n) is 6.51. The highest BCUT2D eigenvalue weighted by molar-refractivity contribution is 8.07. The number of anilines is 2. The molecule has 7 heteroatoms. The van der Waals surface area contributed by atoms with Gasteiger partial charge < -0.3 is 10.2 Å². The van der Waals surface area contributed by atoms with Gasteiger partial charge in [-0.2, -0.15) is 0 Å². The molecule has 0 spiro atoms. The molecule has 2 aliphatic rings. The topological polar surface area (TPSA) is 41.1 Å². The van der Waals surface area contributed by atoms with Crippen LogP contribution in [-0.4, -0.2) is 46.5 Å². The Morgan fingerprint density at radius 3 is 3.04 bits per heavy atom. The number of hydrogen-bond donors (Lipinski definition) is 1. The molecule has 130 valence electrons. The third-order valence-electron chi connectivity index (χ3n) is 4.16. The Labute approximate surface area is 162 Å². The van der Waals surface area contributed by atoms with Crippen molar-refractivity contribution in [3.8, 4) is 0 Å². The number of nitrogens with one attached hydrogen (secondary N) is 1. The van der Waals surface area contributed by atoms with Gasteiger partial charge in [-0.3, -0.25) is 0 Å². The summed E-state index contributed by atoms with van der Waals surface area (Å²) in [6.45, 7) is 1.10. The van der Waals surface area contributed by atoms with E-state index in [1.165, 1.54) is 15.4 Å². The van der Waals surface area contributed by atoms with Crippen LogP contribution in [0.2, 0.25) is 0 Å². The first-order chi connectivity index (χ1) is 12.1. The molecule has 0 amide bonds. The number of benzene rings is 1. The molecule has 1 aromatic heterocycles. The van der Waals surface area contributed by atoms with Crippen molar-refractivity contribution in [3.05, 3.63) is 41.1 Å². The third-order valence-corrected chi connectivity index (χ3v) is 7.03. The van der Waals surface area contributed by atoms with E-state index in [0.29, 0.717) is 11.2 Å². The standard InChI is InChI=1S/C18H20N4S3/c1-22(2)9-13-7-14-16(25-13)10-24-15-8-19-18(21-17(14)15)20-11-4-3-5-12(23)6-11/h3-6,8,13,23H,7,9-10H2,1-2H3,(H,19,20,21)/p+1. The molecule has 0 saturated carbocycles. The number of fused-ring (bicyclic) bond motifs is 2. The lowest BCUT2D eigenvalue weighted by molar-refractivity contribution is 0.409. The van der Waals surface area contributed by atoms with E-state index >= 15 is 0 Å². The van der Waals surface area contributed by atoms with Crippen molar-refractivity contribution < 1.29 is 0 Å². The van der Waals surface area contributed by atoms with Crippen LogP contribution in [0.15, 0.2) is 45.2 Å². The molecule has 1 N–H and O–H groups in total. The van der Waals surface area contributed by atoms with Crippen LogP contribution in [0.1, 0.15) is 12.1 Å². The number of nitrogens with zero attached hydrogens (tertiary/aromatic N) is 3. The van der Waals surface area contributed by atoms with Gasteiger partial charge >= 0.3 is 0 Å². The third kappa shape index (κ3) is 3.84. The lowest BCUT2D eigenvalue weighted by Gasteiger charge is -2.17. The second kappa shape index (κ2) is 7.23. The predicted octanol–water partition coefficient (Wildman–Crippen LogP) is 3.47. The molecule has 4 nitrogen and oxygen atoms in total. The fourth-order valence-electron chi connectivity index (χ4n) is 3.14. The molecule has 0 aliphatic carbocycles. The summed E-state index contributed by atoms with van der Waals surface area (Å²) < 4.78 is 0. The van der Waals surface area contributed by atoms with E-state index in [9.17, 15) is 0 Å². The van der Waals surface area contributed by atoms with Crippen LogP contribution in [0.3, 0.4) is 0 Å². The molecule has 0 bridgehead atoms. The Kier molecular flexibility index (Phi) is 4.99. The Morgan fingerprint density at radius 2 is 2.24 bits per heavy atom. The first kappa shape index (κ1) is 17.3. The molecule has 1 unspecified atom stereocenters. The molecule has 1 aromatic carbocycles. The Morgan fingerprint density at radius 1 is 1.36 bits per heavy atom. The van der Waals surface area contributed by atoms with Crippen LogP contribution in [0.4, 0.5) is 11.6 Å². The Balaban J connectivity index is 1.59. The van der Waals surface area contributed by atoms with E-state index in [-0.39, 0.29) is 0 Å². The maximum atomic E-state index is 4.85. The van der Waals surface area contributed by atoms with Crippen molar-refractivity contribution in [3.63, 3.8) is 0 Å². The summed E-state index contributed by atoms with van der Waals surface area (Å²) in [6.07, 6.45) is 3.05. The summed E-state index contributed by atoms with van der Waals surface area (Å²) in [7, 11) is 4.28. The molecule has 0 saturated heterocycles. The van der Waals surface area contributed by atoms with Crippen LogP contribution in [-0.2, 0) is 12.6 Å². The van der Waals surface area contributed by atoms with Crippen molar-refractivity contribution in [2.75, 3.05) is 31.7 Å². The number of hydrogen-bond acceptors (Lipinski definition) is 6. The first-order valence-corrected chi connectivity index (χ1v) is 10.6. The number of allylic oxidation sites excluding steroid dienone is 1. The summed E-state index contributed by atoms with van der Waals surface area (Å²) in [6, 6.07) is 8.05. The van der Waals surface area contributed by atoms with Gasteiger partial charge in [-0.1, -0.05) is 6.07 Å². The zero-order valence-corrected chi connectivity index (χ0v) is 16.9. The normalized spacial score (nSPS) is 19.1. The van der Waals surface area contributed by atoms with Crippen LogP contribution < -0.4 is 5.32 Å². The smallest absolute Gasteiger partial charge is 0.227 e. The predicted molar refractivity (Wildman–Crippen MR) is 112 cm³/mol. The van der Waals surface area contributed by atoms with Gasteiger partial charge in [0, 0.05) is 40.4 Å². The van der Waals surface area contributed by atoms with E-state index in [1.54, 1.807) is 0 Å². The number of thioether (sulfide) groups is 2. The van der Waals surface area contributed by atoms with E-state index in [1.807, 2.05) is 54.0 Å². The SMILES string of the molecule is CN(C)CC1CC2=C(CSc3cnc(Nc4cccc([SH2+])c4)nc32)S1. The fraction of sp³-hybridized carbons (Fsp3) is 0.333. The van der Waals surface area contributed by atoms with Crippen LogP contribution in [0, 0.1) is 0 Å². The van der Waals surface area contributed by atoms with Crippen LogP contribution >= 0.6 is 23.5 Å². The van der Waals surface area contributed by atoms with Gasteiger partial charge in [0.2, 0.25) is 5.95 Å². The second-order valence-corrected chi connectivity index (χ2v) is 9.50. The highest BCUT2D eigenvalue weighted by atomic mass is 32.2. The van der Waals surface area contributed by atoms with E-state index in [4.69, 9.17) is 4.98 Å². The molecule has 2 aliphatic heterocycles. The average molecular weight is 390 g/mol. The Hall–Kier alpha value is -1.15. The first-order valence-electron chi connectivity index (χ1n) is 8.21. The fourth-order valence-corrected chi connectivity index (χ4v) is 6.08. The lowest BCUT2D eigenvalue weighted by Crippen LogP contribution is -2.22. The molecule has 25 heavy (non-hydrogen) atoms. The quantitative estimate of drug-likeness (QED) is 0.808. The average Bonchev–Trinajstić information content (AvgIpc) is 2.97. The van der Waals surface area contributed by atoms with Gasteiger partial charge in [-0.05, 0) is 50.9 Å². The zero-order chi connectivity index (χ0) is 17.4. The molecule has 1 atom stereocenters. The molecule has 0 fully saturated rings. The van der Waals surface area contributed by atoms with Gasteiger partial charge in [-0.15, -0.1) is 23.5 Å². The van der Waals surface area contributed by atoms with Crippen LogP contribution in [0.5, 0.6) is 0 Å². The molecule has 2 aromatic rings. The minimum Gasteiger partial charge on any atom is -0.324 e. The zero-order valence-electron chi connectivity index (χ0n) is 14.2. The summed E-state index contributed by atoms with van der Waals surface area (Å²) >= 11 is 7.43. The maximum absolute atomic E-state index is 4.85. The molecule has 3 heterocycles. The van der Waals surface area contributed by atoms with E-state index < -0.39 is 0 Å². The van der Waals surface area contributed by atoms with Gasteiger partial charge in [0.15, 0.2) is 4.90 Å². The van der Waals surface area contributed by atoms with E-state index in [2.05, 4.69) is 41.9 Å². The van der Waals surface area contributed by atoms with Gasteiger partial charge in [0.25, 0.3) is 0 Å². The van der Waals surface area contributed by atoms with Crippen molar-refractivity contribution in [1.29, 1.82) is 0 Å². The van der Waals surface area contributed by atoms with Crippen molar-refractivity contribution in [1.82, 2.24) is 14.9 Å². The molecule has 4 rings (SSSR count). The molecular weight excluding hydrogens is 368 g/mol. The van der Waals surface area contributed by atoms with Crippen molar-refractivity contribution in [2.45, 2.75) is 21.5 Å². The molecular formula is C18H21N4S3+. The van der Waals surface area contributed by atoms with Gasteiger partial charge in [0.05, 0.1) is 10.6 Å².